The van der Waals surface area contributed by atoms with E-state index < -0.39 is 17.8 Å². The molecule has 0 unspecified atom stereocenters. The van der Waals surface area contributed by atoms with Crippen molar-refractivity contribution in [2.45, 2.75) is 19.0 Å². The van der Waals surface area contributed by atoms with Crippen LogP contribution in [0.1, 0.15) is 22.3 Å². The summed E-state index contributed by atoms with van der Waals surface area (Å²) in [4.78, 5) is 11.9. The first-order chi connectivity index (χ1) is 14.7. The molecule has 162 valence electrons. The van der Waals surface area contributed by atoms with Crippen LogP contribution in [0.3, 0.4) is 0 Å². The maximum absolute atomic E-state index is 12.8. The average Bonchev–Trinajstić information content (AvgIpc) is 2.72. The lowest BCUT2D eigenvalue weighted by atomic mass is 10.0. The fourth-order valence-electron chi connectivity index (χ4n) is 2.91. The lowest BCUT2D eigenvalue weighted by Gasteiger charge is -2.10. The Kier molecular flexibility index (Phi) is 7.46. The summed E-state index contributed by atoms with van der Waals surface area (Å²) in [6.45, 7) is 0.167. The van der Waals surface area contributed by atoms with Gasteiger partial charge in [-0.1, -0.05) is 65.7 Å². The number of nitrogens with one attached hydrogen (secondary N) is 1. The minimum Gasteiger partial charge on any atom is -0.449 e. The van der Waals surface area contributed by atoms with Crippen molar-refractivity contribution >= 4 is 35.0 Å². The van der Waals surface area contributed by atoms with Crippen LogP contribution in [-0.2, 0) is 23.8 Å². The van der Waals surface area contributed by atoms with Crippen LogP contribution < -0.4 is 5.32 Å². The van der Waals surface area contributed by atoms with E-state index in [9.17, 15) is 18.0 Å². The molecular weight excluding hydrogens is 450 g/mol. The van der Waals surface area contributed by atoms with Crippen molar-refractivity contribution in [2.24, 2.45) is 0 Å². The number of benzene rings is 3. The number of hydrogen-bond donors (Lipinski definition) is 1. The standard InChI is InChI=1S/C23H18Cl2F3NO2/c24-20-9-8-19(14-21(20)25)29-22(30)31-11-10-15-4-6-16(7-5-15)12-17-2-1-3-18(13-17)23(26,27)28/h1-9,13-14H,10-12H2,(H,29,30). The molecule has 0 saturated carbocycles. The zero-order chi connectivity index (χ0) is 22.4. The topological polar surface area (TPSA) is 38.3 Å². The summed E-state index contributed by atoms with van der Waals surface area (Å²) in [7, 11) is 0. The fraction of sp³-hybridized carbons (Fsp3) is 0.174. The molecule has 8 heteroatoms. The lowest BCUT2D eigenvalue weighted by molar-refractivity contribution is -0.137. The molecule has 0 saturated heterocycles. The quantitative estimate of drug-likeness (QED) is 0.410. The molecule has 0 heterocycles. The third-order valence-electron chi connectivity index (χ3n) is 4.48. The average molecular weight is 468 g/mol. The Morgan fingerprint density at radius 1 is 0.871 bits per heavy atom. The number of carbonyl (C=O) groups is 1. The smallest absolute Gasteiger partial charge is 0.416 e. The van der Waals surface area contributed by atoms with Crippen molar-refractivity contribution in [3.8, 4) is 0 Å². The molecule has 1 amide bonds. The summed E-state index contributed by atoms with van der Waals surface area (Å²) in [5.74, 6) is 0. The highest BCUT2D eigenvalue weighted by Gasteiger charge is 2.30. The molecule has 0 atom stereocenters. The van der Waals surface area contributed by atoms with Gasteiger partial charge in [0.15, 0.2) is 0 Å². The van der Waals surface area contributed by atoms with E-state index >= 15 is 0 Å². The van der Waals surface area contributed by atoms with Gasteiger partial charge in [0.1, 0.15) is 0 Å². The van der Waals surface area contributed by atoms with Gasteiger partial charge in [0.05, 0.1) is 22.2 Å². The van der Waals surface area contributed by atoms with Gasteiger partial charge >= 0.3 is 12.3 Å². The molecule has 0 aromatic heterocycles. The predicted octanol–water partition coefficient (Wildman–Crippen LogP) is 7.39. The first-order valence-electron chi connectivity index (χ1n) is 9.33. The summed E-state index contributed by atoms with van der Waals surface area (Å²) in [6, 6.07) is 17.4. The lowest BCUT2D eigenvalue weighted by Crippen LogP contribution is -2.15. The highest BCUT2D eigenvalue weighted by Crippen LogP contribution is 2.30. The Morgan fingerprint density at radius 3 is 2.26 bits per heavy atom. The second-order valence-electron chi connectivity index (χ2n) is 6.83. The minimum absolute atomic E-state index is 0.167. The third kappa shape index (κ3) is 6.91. The monoisotopic (exact) mass is 467 g/mol. The molecule has 0 aliphatic rings. The number of ether oxygens (including phenoxy) is 1. The first kappa shape index (κ1) is 23.0. The highest BCUT2D eigenvalue weighted by atomic mass is 35.5. The molecule has 0 aliphatic carbocycles. The number of halogens is 5. The fourth-order valence-corrected chi connectivity index (χ4v) is 3.20. The summed E-state index contributed by atoms with van der Waals surface area (Å²) in [5.41, 5.74) is 2.23. The number of hydrogen-bond acceptors (Lipinski definition) is 2. The number of amides is 1. The Balaban J connectivity index is 1.48. The van der Waals surface area contributed by atoms with Crippen LogP contribution in [0.5, 0.6) is 0 Å². The van der Waals surface area contributed by atoms with E-state index in [-0.39, 0.29) is 6.61 Å². The van der Waals surface area contributed by atoms with Gasteiger partial charge in [-0.15, -0.1) is 0 Å². The minimum atomic E-state index is -4.36. The third-order valence-corrected chi connectivity index (χ3v) is 5.21. The summed E-state index contributed by atoms with van der Waals surface area (Å²) in [6.07, 6.45) is -4.07. The van der Waals surface area contributed by atoms with Gasteiger partial charge in [-0.3, -0.25) is 5.32 Å². The molecule has 3 nitrogen and oxygen atoms in total. The van der Waals surface area contributed by atoms with E-state index in [0.29, 0.717) is 34.1 Å². The van der Waals surface area contributed by atoms with Crippen LogP contribution in [0.2, 0.25) is 10.0 Å². The van der Waals surface area contributed by atoms with Crippen molar-refractivity contribution in [3.05, 3.63) is 99.0 Å². The molecule has 0 bridgehead atoms. The number of anilines is 1. The van der Waals surface area contributed by atoms with Crippen LogP contribution in [-0.4, -0.2) is 12.7 Å². The molecule has 3 rings (SSSR count). The second kappa shape index (κ2) is 10.1. The second-order valence-corrected chi connectivity index (χ2v) is 7.65. The van der Waals surface area contributed by atoms with E-state index in [1.807, 2.05) is 24.3 Å². The van der Waals surface area contributed by atoms with Crippen molar-refractivity contribution in [3.63, 3.8) is 0 Å². The van der Waals surface area contributed by atoms with Gasteiger partial charge in [-0.2, -0.15) is 13.2 Å². The normalized spacial score (nSPS) is 11.3. The maximum atomic E-state index is 12.8. The van der Waals surface area contributed by atoms with E-state index in [1.54, 1.807) is 18.2 Å². The maximum Gasteiger partial charge on any atom is 0.416 e. The highest BCUT2D eigenvalue weighted by molar-refractivity contribution is 6.42. The molecular formula is C23H18Cl2F3NO2. The van der Waals surface area contributed by atoms with E-state index in [1.165, 1.54) is 12.1 Å². The first-order valence-corrected chi connectivity index (χ1v) is 10.1. The Labute approximate surface area is 187 Å². The molecule has 31 heavy (non-hydrogen) atoms. The van der Waals surface area contributed by atoms with Crippen molar-refractivity contribution in [1.82, 2.24) is 0 Å². The van der Waals surface area contributed by atoms with Gasteiger partial charge in [0.2, 0.25) is 0 Å². The number of alkyl halides is 3. The molecule has 0 fully saturated rings. The van der Waals surface area contributed by atoms with Crippen molar-refractivity contribution in [2.75, 3.05) is 11.9 Å². The van der Waals surface area contributed by atoms with Gasteiger partial charge in [0.25, 0.3) is 0 Å². The summed E-state index contributed by atoms with van der Waals surface area (Å²) in [5, 5.41) is 3.27. The van der Waals surface area contributed by atoms with Gasteiger partial charge in [-0.05, 0) is 47.4 Å². The van der Waals surface area contributed by atoms with Crippen LogP contribution >= 0.6 is 23.2 Å². The molecule has 0 spiro atoms. The Hall–Kier alpha value is -2.70. The molecule has 3 aromatic rings. The molecule has 0 radical (unpaired) electrons. The summed E-state index contributed by atoms with van der Waals surface area (Å²) >= 11 is 11.7. The van der Waals surface area contributed by atoms with Crippen LogP contribution in [0, 0.1) is 0 Å². The SMILES string of the molecule is O=C(Nc1ccc(Cl)c(Cl)c1)OCCc1ccc(Cc2cccc(C(F)(F)F)c2)cc1. The number of carbonyl (C=O) groups excluding carboxylic acids is 1. The van der Waals surface area contributed by atoms with Gasteiger partial charge in [0, 0.05) is 12.1 Å². The molecule has 0 aliphatic heterocycles. The van der Waals surface area contributed by atoms with Gasteiger partial charge < -0.3 is 4.74 Å². The molecule has 1 N–H and O–H groups in total. The summed E-state index contributed by atoms with van der Waals surface area (Å²) < 4.78 is 43.7. The Morgan fingerprint density at radius 2 is 1.58 bits per heavy atom. The van der Waals surface area contributed by atoms with E-state index in [4.69, 9.17) is 27.9 Å². The van der Waals surface area contributed by atoms with Crippen LogP contribution in [0.4, 0.5) is 23.7 Å². The van der Waals surface area contributed by atoms with Crippen LogP contribution in [0.15, 0.2) is 66.7 Å². The van der Waals surface area contributed by atoms with E-state index in [0.717, 1.165) is 23.3 Å². The largest absolute Gasteiger partial charge is 0.449 e. The van der Waals surface area contributed by atoms with Crippen molar-refractivity contribution < 1.29 is 22.7 Å². The zero-order valence-corrected chi connectivity index (χ0v) is 17.7. The number of rotatable bonds is 6. The van der Waals surface area contributed by atoms with Crippen LogP contribution in [0.25, 0.3) is 0 Å². The molecule has 3 aromatic carbocycles. The van der Waals surface area contributed by atoms with E-state index in [2.05, 4.69) is 5.32 Å². The Bertz CT molecular complexity index is 1050. The van der Waals surface area contributed by atoms with Gasteiger partial charge in [-0.25, -0.2) is 4.79 Å². The van der Waals surface area contributed by atoms with Crippen molar-refractivity contribution in [1.29, 1.82) is 0 Å². The zero-order valence-electron chi connectivity index (χ0n) is 16.2. The predicted molar refractivity (Wildman–Crippen MR) is 116 cm³/mol.